The molecule has 3 aromatic rings. The number of nitrogens with zero attached hydrogens (tertiary/aromatic N) is 5. The summed E-state index contributed by atoms with van der Waals surface area (Å²) in [5.41, 5.74) is 0.873. The lowest BCUT2D eigenvalue weighted by Gasteiger charge is -2.11. The molecule has 0 unspecified atom stereocenters. The van der Waals surface area contributed by atoms with E-state index in [1.165, 1.54) is 24.6 Å². The van der Waals surface area contributed by atoms with E-state index in [2.05, 4.69) is 25.7 Å². The van der Waals surface area contributed by atoms with Gasteiger partial charge in [0.1, 0.15) is 0 Å². The molecule has 2 aromatic heterocycles. The van der Waals surface area contributed by atoms with Gasteiger partial charge in [0.2, 0.25) is 17.6 Å². The van der Waals surface area contributed by atoms with Crippen molar-refractivity contribution >= 4 is 17.7 Å². The summed E-state index contributed by atoms with van der Waals surface area (Å²) in [6.07, 6.45) is 4.54. The molecule has 0 bridgehead atoms. The van der Waals surface area contributed by atoms with Crippen molar-refractivity contribution in [2.75, 3.05) is 5.75 Å². The molecule has 4 rings (SSSR count). The fraction of sp³-hybridized carbons (Fsp3) is 0.421. The third-order valence-corrected chi connectivity index (χ3v) is 5.70. The van der Waals surface area contributed by atoms with Crippen LogP contribution < -0.4 is 5.32 Å². The van der Waals surface area contributed by atoms with Crippen molar-refractivity contribution in [2.45, 2.75) is 50.4 Å². The minimum absolute atomic E-state index is 0.0354. The van der Waals surface area contributed by atoms with E-state index in [4.69, 9.17) is 4.52 Å². The van der Waals surface area contributed by atoms with Crippen LogP contribution in [0.1, 0.15) is 32.6 Å². The minimum atomic E-state index is 0.0354. The predicted molar refractivity (Wildman–Crippen MR) is 106 cm³/mol. The summed E-state index contributed by atoms with van der Waals surface area (Å²) in [7, 11) is 0. The van der Waals surface area contributed by atoms with Crippen molar-refractivity contribution in [2.24, 2.45) is 0 Å². The number of amides is 1. The molecule has 1 fully saturated rings. The topological polar surface area (TPSA) is 98.7 Å². The van der Waals surface area contributed by atoms with Crippen LogP contribution in [0, 0.1) is 0 Å². The van der Waals surface area contributed by atoms with E-state index in [0.29, 0.717) is 41.0 Å². The molecular weight excluding hydrogens is 376 g/mol. The van der Waals surface area contributed by atoms with Gasteiger partial charge in [-0.05, 0) is 19.8 Å². The molecule has 8 nitrogen and oxygen atoms in total. The summed E-state index contributed by atoms with van der Waals surface area (Å²) in [6, 6.07) is 9.94. The molecule has 0 spiro atoms. The number of hydrogen-bond acceptors (Lipinski definition) is 7. The number of nitrogens with one attached hydrogen (secondary N) is 1. The Kier molecular flexibility index (Phi) is 5.70. The van der Waals surface area contributed by atoms with Crippen LogP contribution in [0.2, 0.25) is 0 Å². The van der Waals surface area contributed by atoms with E-state index < -0.39 is 0 Å². The van der Waals surface area contributed by atoms with Crippen molar-refractivity contribution in [3.8, 4) is 23.1 Å². The van der Waals surface area contributed by atoms with Crippen LogP contribution in [-0.4, -0.2) is 42.6 Å². The quantitative estimate of drug-likeness (QED) is 0.610. The van der Waals surface area contributed by atoms with Crippen molar-refractivity contribution in [1.29, 1.82) is 0 Å². The third kappa shape index (κ3) is 4.09. The second-order valence-corrected chi connectivity index (χ2v) is 7.62. The second-order valence-electron chi connectivity index (χ2n) is 6.68. The fourth-order valence-electron chi connectivity index (χ4n) is 3.33. The Bertz CT molecular complexity index is 933. The normalized spacial score (nSPS) is 14.5. The molecule has 0 aliphatic heterocycles. The monoisotopic (exact) mass is 398 g/mol. The maximum atomic E-state index is 12.2. The Morgan fingerprint density at radius 3 is 2.79 bits per heavy atom. The molecule has 9 heteroatoms. The molecule has 2 heterocycles. The molecule has 28 heavy (non-hydrogen) atoms. The van der Waals surface area contributed by atoms with Gasteiger partial charge in [-0.1, -0.05) is 60.1 Å². The van der Waals surface area contributed by atoms with Gasteiger partial charge in [-0.15, -0.1) is 10.2 Å². The zero-order chi connectivity index (χ0) is 19.3. The number of hydrogen-bond donors (Lipinski definition) is 1. The van der Waals surface area contributed by atoms with E-state index in [1.54, 1.807) is 0 Å². The van der Waals surface area contributed by atoms with Crippen molar-refractivity contribution < 1.29 is 9.32 Å². The van der Waals surface area contributed by atoms with E-state index in [-0.39, 0.29) is 5.91 Å². The van der Waals surface area contributed by atoms with Gasteiger partial charge in [0.05, 0.1) is 5.75 Å². The van der Waals surface area contributed by atoms with Crippen molar-refractivity contribution in [3.63, 3.8) is 0 Å². The largest absolute Gasteiger partial charge is 0.353 e. The van der Waals surface area contributed by atoms with Crippen LogP contribution in [0.25, 0.3) is 23.1 Å². The van der Waals surface area contributed by atoms with Gasteiger partial charge in [-0.25, -0.2) is 0 Å². The Morgan fingerprint density at radius 2 is 2.04 bits per heavy atom. The Morgan fingerprint density at radius 1 is 1.25 bits per heavy atom. The third-order valence-electron chi connectivity index (χ3n) is 4.74. The first-order valence-corrected chi connectivity index (χ1v) is 10.5. The Balaban J connectivity index is 1.45. The molecule has 1 N–H and O–H groups in total. The summed E-state index contributed by atoms with van der Waals surface area (Å²) in [5.74, 6) is 1.68. The summed E-state index contributed by atoms with van der Waals surface area (Å²) < 4.78 is 7.29. The van der Waals surface area contributed by atoms with E-state index in [9.17, 15) is 4.79 Å². The number of carbonyl (C=O) groups excluding carboxylic acids is 1. The van der Waals surface area contributed by atoms with Gasteiger partial charge in [-0.2, -0.15) is 4.98 Å². The van der Waals surface area contributed by atoms with Crippen LogP contribution in [0.4, 0.5) is 0 Å². The molecule has 1 aromatic carbocycles. The lowest BCUT2D eigenvalue weighted by atomic mass is 10.2. The maximum Gasteiger partial charge on any atom is 0.296 e. The van der Waals surface area contributed by atoms with Crippen LogP contribution in [0.5, 0.6) is 0 Å². The zero-order valence-electron chi connectivity index (χ0n) is 15.7. The average molecular weight is 398 g/mol. The fourth-order valence-corrected chi connectivity index (χ4v) is 4.14. The molecule has 1 aliphatic rings. The first kappa shape index (κ1) is 18.7. The van der Waals surface area contributed by atoms with Gasteiger partial charge in [0, 0.05) is 18.2 Å². The number of thioether (sulfide) groups is 1. The summed E-state index contributed by atoms with van der Waals surface area (Å²) in [4.78, 5) is 16.6. The molecule has 0 radical (unpaired) electrons. The molecule has 0 saturated heterocycles. The average Bonchev–Trinajstić information content (AvgIpc) is 3.47. The first-order chi connectivity index (χ1) is 13.7. The smallest absolute Gasteiger partial charge is 0.296 e. The standard InChI is InChI=1S/C19H22N6O2S/c1-2-25-17(18-21-16(24-27-18)13-8-4-3-5-9-13)22-23-19(25)28-12-15(26)20-14-10-6-7-11-14/h3-5,8-9,14H,2,6-7,10-12H2,1H3,(H,20,26). The minimum Gasteiger partial charge on any atom is -0.353 e. The highest BCUT2D eigenvalue weighted by molar-refractivity contribution is 7.99. The van der Waals surface area contributed by atoms with Crippen LogP contribution in [0.3, 0.4) is 0 Å². The van der Waals surface area contributed by atoms with Crippen LogP contribution in [-0.2, 0) is 11.3 Å². The van der Waals surface area contributed by atoms with E-state index >= 15 is 0 Å². The molecule has 0 atom stereocenters. The molecule has 1 aliphatic carbocycles. The Labute approximate surface area is 167 Å². The molecule has 146 valence electrons. The number of carbonyl (C=O) groups is 1. The summed E-state index contributed by atoms with van der Waals surface area (Å²) in [6.45, 7) is 2.63. The number of rotatable bonds is 7. The molecule has 1 amide bonds. The highest BCUT2D eigenvalue weighted by atomic mass is 32.2. The lowest BCUT2D eigenvalue weighted by molar-refractivity contribution is -0.119. The van der Waals surface area contributed by atoms with Crippen molar-refractivity contribution in [1.82, 2.24) is 30.2 Å². The Hall–Kier alpha value is -2.68. The molecule has 1 saturated carbocycles. The van der Waals surface area contributed by atoms with Gasteiger partial charge >= 0.3 is 0 Å². The predicted octanol–water partition coefficient (Wildman–Crippen LogP) is 3.17. The summed E-state index contributed by atoms with van der Waals surface area (Å²) >= 11 is 1.37. The second kappa shape index (κ2) is 8.55. The van der Waals surface area contributed by atoms with Gasteiger partial charge in [0.25, 0.3) is 5.89 Å². The van der Waals surface area contributed by atoms with E-state index in [0.717, 1.165) is 18.4 Å². The zero-order valence-corrected chi connectivity index (χ0v) is 16.5. The molecular formula is C19H22N6O2S. The van der Waals surface area contributed by atoms with Gasteiger partial charge < -0.3 is 9.84 Å². The summed E-state index contributed by atoms with van der Waals surface area (Å²) in [5, 5.41) is 16.2. The van der Waals surface area contributed by atoms with Crippen molar-refractivity contribution in [3.05, 3.63) is 30.3 Å². The highest BCUT2D eigenvalue weighted by Gasteiger charge is 2.21. The van der Waals surface area contributed by atoms with E-state index in [1.807, 2.05) is 41.8 Å². The number of aromatic nitrogens is 5. The lowest BCUT2D eigenvalue weighted by Crippen LogP contribution is -2.33. The van der Waals surface area contributed by atoms with Crippen LogP contribution in [0.15, 0.2) is 40.0 Å². The van der Waals surface area contributed by atoms with Gasteiger partial charge in [-0.3, -0.25) is 9.36 Å². The van der Waals surface area contributed by atoms with Crippen LogP contribution >= 0.6 is 11.8 Å². The first-order valence-electron chi connectivity index (χ1n) is 9.49. The van der Waals surface area contributed by atoms with Gasteiger partial charge in [0.15, 0.2) is 5.16 Å². The number of benzene rings is 1. The SMILES string of the molecule is CCn1c(SCC(=O)NC2CCCC2)nnc1-c1nc(-c2ccccc2)no1. The highest BCUT2D eigenvalue weighted by Crippen LogP contribution is 2.25. The maximum absolute atomic E-state index is 12.2.